The van der Waals surface area contributed by atoms with Crippen LogP contribution >= 0.6 is 23.8 Å². The first kappa shape index (κ1) is 51.6. The minimum Gasteiger partial charge on any atom is -0.469 e. The van der Waals surface area contributed by atoms with E-state index in [0.717, 1.165) is 30.8 Å². The number of benzene rings is 1. The molecule has 0 spiro atoms. The number of ether oxygens (including phenoxy) is 1. The van der Waals surface area contributed by atoms with Gasteiger partial charge in [-0.3, -0.25) is 15.0 Å². The zero-order valence-corrected chi connectivity index (χ0v) is 33.8. The number of allylic oxidation sites excluding steroid dienone is 7. The average Bonchev–Trinajstić information content (AvgIpc) is 3.13. The van der Waals surface area contributed by atoms with Crippen LogP contribution in [0.25, 0.3) is 0 Å². The Morgan fingerprint density at radius 1 is 1.08 bits per heavy atom. The lowest BCUT2D eigenvalue weighted by Gasteiger charge is -2.21. The highest BCUT2D eigenvalue weighted by Crippen LogP contribution is 2.22. The summed E-state index contributed by atoms with van der Waals surface area (Å²) in [5.41, 5.74) is 6.77. The Balaban J connectivity index is -0.000000357. The first-order valence-corrected chi connectivity index (χ1v) is 18.0. The minimum atomic E-state index is -0.361. The molecule has 48 heavy (non-hydrogen) atoms. The van der Waals surface area contributed by atoms with Crippen molar-refractivity contribution < 1.29 is 14.3 Å². The number of nitrogens with zero attached hydrogens (tertiary/aromatic N) is 2. The van der Waals surface area contributed by atoms with Crippen molar-refractivity contribution in [1.82, 2.24) is 10.7 Å². The number of hydrogen-bond donors (Lipinski definition) is 2. The van der Waals surface area contributed by atoms with E-state index in [4.69, 9.17) is 23.8 Å². The van der Waals surface area contributed by atoms with Gasteiger partial charge < -0.3 is 15.0 Å². The highest BCUT2D eigenvalue weighted by Gasteiger charge is 2.13. The maximum Gasteiger partial charge on any atom is 0.307 e. The van der Waals surface area contributed by atoms with Gasteiger partial charge in [-0.2, -0.15) is 5.10 Å². The van der Waals surface area contributed by atoms with Gasteiger partial charge in [0.1, 0.15) is 5.84 Å². The van der Waals surface area contributed by atoms with Crippen LogP contribution < -0.4 is 15.6 Å². The molecule has 1 aromatic carbocycles. The van der Waals surface area contributed by atoms with E-state index in [0.29, 0.717) is 17.4 Å². The summed E-state index contributed by atoms with van der Waals surface area (Å²) >= 11 is 10.7. The van der Waals surface area contributed by atoms with Crippen LogP contribution in [0.15, 0.2) is 78.0 Å². The van der Waals surface area contributed by atoms with Crippen molar-refractivity contribution in [1.29, 1.82) is 0 Å². The molecule has 0 fully saturated rings. The van der Waals surface area contributed by atoms with E-state index in [1.807, 2.05) is 71.7 Å². The number of carbonyl (C=O) groups excluding carboxylic acids is 2. The number of thiocarbonyl (C=S) groups is 1. The van der Waals surface area contributed by atoms with E-state index in [-0.39, 0.29) is 30.2 Å². The summed E-state index contributed by atoms with van der Waals surface area (Å²) in [6.07, 6.45) is 15.1. The highest BCUT2D eigenvalue weighted by molar-refractivity contribution is 7.78. The average molecular weight is 708 g/mol. The molecule has 0 bridgehead atoms. The maximum atomic E-state index is 12.2. The number of halogens is 1. The summed E-state index contributed by atoms with van der Waals surface area (Å²) in [6.45, 7) is 26.7. The van der Waals surface area contributed by atoms with Gasteiger partial charge in [0.05, 0.1) is 24.4 Å². The van der Waals surface area contributed by atoms with Crippen LogP contribution in [0.5, 0.6) is 0 Å². The van der Waals surface area contributed by atoms with Crippen LogP contribution in [0.1, 0.15) is 112 Å². The van der Waals surface area contributed by atoms with E-state index in [1.165, 1.54) is 18.2 Å². The molecule has 274 valence electrons. The Labute approximate surface area is 305 Å². The SMILES string of the molecule is C/C=C/C.C=CC(Cl)C/C=C(\C)C(C)C(C)/C=C\C.CC.CC.CCC/C(=N/NC=S)N(C)c1cccc(C(=O)NCCC(=O)OC)c1. The number of nitrogens with one attached hydrogen (secondary N) is 2. The number of amides is 1. The molecule has 0 heterocycles. The van der Waals surface area contributed by atoms with Crippen molar-refractivity contribution in [3.05, 3.63) is 78.4 Å². The van der Waals surface area contributed by atoms with Crippen LogP contribution in [0.3, 0.4) is 0 Å². The second-order valence-corrected chi connectivity index (χ2v) is 10.8. The predicted molar refractivity (Wildman–Crippen MR) is 217 cm³/mol. The smallest absolute Gasteiger partial charge is 0.307 e. The molecular weight excluding hydrogens is 640 g/mol. The maximum absolute atomic E-state index is 12.2. The topological polar surface area (TPSA) is 83.0 Å². The van der Waals surface area contributed by atoms with Gasteiger partial charge in [-0.05, 0) is 70.6 Å². The Morgan fingerprint density at radius 2 is 1.69 bits per heavy atom. The standard InChI is InChI=1S/C17H24N4O3S.C14H23Cl.C4H8.2C2H6/c1-4-6-15(20-19-12-25)21(2)14-8-5-7-13(11-14)17(23)18-10-9-16(22)24-3;1-6-8-11(3)13(5)12(4)9-10-14(15)7-2;1-3-4-2;2*1-2/h5,7-8,11-12H,4,6,9-10H2,1-3H3,(H,18,23)(H,19,25);6-9,11,13-14H,2,10H2,1,3-5H3;3-4H,1-2H3;2*1-2H3/b20-15-;8-6-,12-9+;4-3+;;. The molecule has 1 aromatic rings. The van der Waals surface area contributed by atoms with Gasteiger partial charge in [0.25, 0.3) is 5.91 Å². The van der Waals surface area contributed by atoms with Crippen LogP contribution in [0, 0.1) is 11.8 Å². The summed E-state index contributed by atoms with van der Waals surface area (Å²) in [5, 5.41) is 7.00. The number of amidine groups is 1. The van der Waals surface area contributed by atoms with E-state index < -0.39 is 0 Å². The number of methoxy groups -OCH3 is 1. The summed E-state index contributed by atoms with van der Waals surface area (Å²) < 4.78 is 4.54. The number of rotatable bonds is 15. The van der Waals surface area contributed by atoms with E-state index in [1.54, 1.807) is 24.3 Å². The second kappa shape index (κ2) is 36.6. The molecule has 0 radical (unpaired) electrons. The third-order valence-electron chi connectivity index (χ3n) is 6.70. The molecule has 0 saturated carbocycles. The third-order valence-corrected chi connectivity index (χ3v) is 7.16. The first-order chi connectivity index (χ1) is 23.0. The lowest BCUT2D eigenvalue weighted by atomic mass is 9.88. The molecule has 1 amide bonds. The van der Waals surface area contributed by atoms with E-state index >= 15 is 0 Å². The minimum absolute atomic E-state index is 0.0594. The number of anilines is 1. The Morgan fingerprint density at radius 3 is 2.17 bits per heavy atom. The molecule has 0 aliphatic carbocycles. The number of hydrazone groups is 1. The van der Waals surface area contributed by atoms with Crippen molar-refractivity contribution >= 4 is 52.7 Å². The lowest BCUT2D eigenvalue weighted by molar-refractivity contribution is -0.140. The molecule has 9 heteroatoms. The van der Waals surface area contributed by atoms with Crippen molar-refractivity contribution in [2.75, 3.05) is 25.6 Å². The van der Waals surface area contributed by atoms with Gasteiger partial charge in [0.2, 0.25) is 0 Å². The number of alkyl halides is 1. The fraction of sp³-hybridized carbons (Fsp3) is 0.538. The summed E-state index contributed by atoms with van der Waals surface area (Å²) in [7, 11) is 3.20. The largest absolute Gasteiger partial charge is 0.469 e. The van der Waals surface area contributed by atoms with E-state index in [2.05, 4.69) is 80.0 Å². The van der Waals surface area contributed by atoms with Gasteiger partial charge in [-0.25, -0.2) is 0 Å². The monoisotopic (exact) mass is 706 g/mol. The predicted octanol–water partition coefficient (Wildman–Crippen LogP) is 10.7. The summed E-state index contributed by atoms with van der Waals surface area (Å²) in [6, 6.07) is 7.19. The van der Waals surface area contributed by atoms with Crippen molar-refractivity contribution in [3.8, 4) is 0 Å². The molecule has 0 aliphatic rings. The fourth-order valence-electron chi connectivity index (χ4n) is 3.58. The van der Waals surface area contributed by atoms with Crippen LogP contribution in [0.4, 0.5) is 5.69 Å². The Kier molecular flexibility index (Phi) is 39.3. The first-order valence-electron chi connectivity index (χ1n) is 17.0. The molecule has 1 rings (SSSR count). The number of carbonyl (C=O) groups is 2. The van der Waals surface area contributed by atoms with Crippen LogP contribution in [-0.4, -0.2) is 49.3 Å². The van der Waals surface area contributed by atoms with Crippen LogP contribution in [-0.2, 0) is 9.53 Å². The molecule has 0 aromatic heterocycles. The molecule has 3 atom stereocenters. The molecular formula is C39H67ClN4O3S. The van der Waals surface area contributed by atoms with Crippen molar-refractivity contribution in [2.45, 2.75) is 107 Å². The van der Waals surface area contributed by atoms with E-state index in [9.17, 15) is 9.59 Å². The molecule has 0 aliphatic heterocycles. The molecule has 2 N–H and O–H groups in total. The van der Waals surface area contributed by atoms with Gasteiger partial charge >= 0.3 is 5.97 Å². The van der Waals surface area contributed by atoms with Gasteiger partial charge in [0.15, 0.2) is 0 Å². The van der Waals surface area contributed by atoms with Gasteiger partial charge in [-0.1, -0.05) is 109 Å². The normalized spacial score (nSPS) is 12.5. The fourth-order valence-corrected chi connectivity index (χ4v) is 3.72. The summed E-state index contributed by atoms with van der Waals surface area (Å²) in [5.74, 6) is 1.37. The molecule has 7 nitrogen and oxygen atoms in total. The van der Waals surface area contributed by atoms with Crippen molar-refractivity contribution in [2.24, 2.45) is 16.9 Å². The highest BCUT2D eigenvalue weighted by atomic mass is 35.5. The summed E-state index contributed by atoms with van der Waals surface area (Å²) in [4.78, 5) is 25.2. The van der Waals surface area contributed by atoms with Crippen LogP contribution in [0.2, 0.25) is 0 Å². The number of esters is 1. The lowest BCUT2D eigenvalue weighted by Crippen LogP contribution is -2.29. The third kappa shape index (κ3) is 26.8. The Hall–Kier alpha value is -3.23. The second-order valence-electron chi connectivity index (χ2n) is 9.99. The van der Waals surface area contributed by atoms with Gasteiger partial charge in [0, 0.05) is 31.3 Å². The zero-order valence-electron chi connectivity index (χ0n) is 32.2. The molecule has 0 saturated heterocycles. The molecule has 3 unspecified atom stereocenters. The van der Waals surface area contributed by atoms with Gasteiger partial charge in [-0.15, -0.1) is 18.2 Å². The number of hydrogen-bond acceptors (Lipinski definition) is 5. The Bertz CT molecular complexity index is 1100. The van der Waals surface area contributed by atoms with Crippen molar-refractivity contribution in [3.63, 3.8) is 0 Å². The quantitative estimate of drug-likeness (QED) is 0.0359. The zero-order chi connectivity index (χ0) is 37.9.